The van der Waals surface area contributed by atoms with Crippen LogP contribution in [0, 0.1) is 0 Å². The third-order valence-electron chi connectivity index (χ3n) is 5.35. The minimum absolute atomic E-state index is 0.0423. The SMILES string of the molecule is COc1ccc(CC(=O)NCC(c2ccc(OC)cc2)N2CCCCC2)cc1. The molecule has 1 aliphatic rings. The number of likely N-dealkylation sites (tertiary alicyclic amines) is 1. The van der Waals surface area contributed by atoms with Crippen LogP contribution in [0.2, 0.25) is 0 Å². The van der Waals surface area contributed by atoms with Crippen LogP contribution in [0.25, 0.3) is 0 Å². The quantitative estimate of drug-likeness (QED) is 0.758. The summed E-state index contributed by atoms with van der Waals surface area (Å²) in [7, 11) is 3.32. The zero-order valence-electron chi connectivity index (χ0n) is 16.8. The van der Waals surface area contributed by atoms with Crippen LogP contribution in [0.5, 0.6) is 11.5 Å². The van der Waals surface area contributed by atoms with E-state index in [1.54, 1.807) is 14.2 Å². The average molecular weight is 383 g/mol. The van der Waals surface area contributed by atoms with Crippen molar-refractivity contribution in [2.75, 3.05) is 33.9 Å². The fraction of sp³-hybridized carbons (Fsp3) is 0.435. The van der Waals surface area contributed by atoms with Crippen molar-refractivity contribution in [2.45, 2.75) is 31.7 Å². The van der Waals surface area contributed by atoms with Crippen molar-refractivity contribution in [3.05, 3.63) is 59.7 Å². The molecule has 150 valence electrons. The first kappa shape index (κ1) is 20.2. The predicted molar refractivity (Wildman–Crippen MR) is 111 cm³/mol. The van der Waals surface area contributed by atoms with Gasteiger partial charge >= 0.3 is 0 Å². The Hall–Kier alpha value is -2.53. The number of nitrogens with zero attached hydrogens (tertiary/aromatic N) is 1. The van der Waals surface area contributed by atoms with Gasteiger partial charge in [0.25, 0.3) is 0 Å². The third-order valence-corrected chi connectivity index (χ3v) is 5.35. The van der Waals surface area contributed by atoms with Crippen LogP contribution in [0.15, 0.2) is 48.5 Å². The van der Waals surface area contributed by atoms with E-state index in [1.165, 1.54) is 24.8 Å². The predicted octanol–water partition coefficient (Wildman–Crippen LogP) is 3.59. The second-order valence-corrected chi connectivity index (χ2v) is 7.21. The lowest BCUT2D eigenvalue weighted by atomic mass is 10.0. The lowest BCUT2D eigenvalue weighted by Crippen LogP contribution is -2.41. The van der Waals surface area contributed by atoms with Gasteiger partial charge in [0.2, 0.25) is 5.91 Å². The Kier molecular flexibility index (Phi) is 7.31. The van der Waals surface area contributed by atoms with E-state index in [0.717, 1.165) is 30.2 Å². The summed E-state index contributed by atoms with van der Waals surface area (Å²) in [6.07, 6.45) is 4.09. The van der Waals surface area contributed by atoms with Gasteiger partial charge in [-0.25, -0.2) is 0 Å². The Morgan fingerprint density at radius 3 is 2.07 bits per heavy atom. The molecular weight excluding hydrogens is 352 g/mol. The van der Waals surface area contributed by atoms with Crippen LogP contribution in [-0.4, -0.2) is 44.7 Å². The first-order chi connectivity index (χ1) is 13.7. The lowest BCUT2D eigenvalue weighted by molar-refractivity contribution is -0.120. The third kappa shape index (κ3) is 5.49. The molecule has 2 aromatic rings. The monoisotopic (exact) mass is 382 g/mol. The number of hydrogen-bond donors (Lipinski definition) is 1. The molecular formula is C23H30N2O3. The lowest BCUT2D eigenvalue weighted by Gasteiger charge is -2.35. The van der Waals surface area contributed by atoms with E-state index in [0.29, 0.717) is 13.0 Å². The molecule has 1 saturated heterocycles. The Bertz CT molecular complexity index is 737. The van der Waals surface area contributed by atoms with Crippen LogP contribution in [-0.2, 0) is 11.2 Å². The molecule has 3 rings (SSSR count). The summed E-state index contributed by atoms with van der Waals surface area (Å²) in [5.41, 5.74) is 2.20. The van der Waals surface area contributed by atoms with Crippen molar-refractivity contribution in [3.8, 4) is 11.5 Å². The highest BCUT2D eigenvalue weighted by molar-refractivity contribution is 5.78. The van der Waals surface area contributed by atoms with Gasteiger partial charge in [0.15, 0.2) is 0 Å². The molecule has 1 amide bonds. The Labute approximate surface area is 167 Å². The van der Waals surface area contributed by atoms with E-state index in [-0.39, 0.29) is 11.9 Å². The van der Waals surface area contributed by atoms with Crippen LogP contribution < -0.4 is 14.8 Å². The Morgan fingerprint density at radius 1 is 0.929 bits per heavy atom. The molecule has 0 aliphatic carbocycles. The summed E-state index contributed by atoms with van der Waals surface area (Å²) >= 11 is 0. The number of amides is 1. The summed E-state index contributed by atoms with van der Waals surface area (Å²) < 4.78 is 10.5. The molecule has 28 heavy (non-hydrogen) atoms. The molecule has 0 saturated carbocycles. The molecule has 0 bridgehead atoms. The number of nitrogens with one attached hydrogen (secondary N) is 1. The van der Waals surface area contributed by atoms with Crippen molar-refractivity contribution in [2.24, 2.45) is 0 Å². The molecule has 2 aromatic carbocycles. The maximum atomic E-state index is 12.5. The highest BCUT2D eigenvalue weighted by Gasteiger charge is 2.23. The summed E-state index contributed by atoms with van der Waals surface area (Å²) in [4.78, 5) is 15.0. The molecule has 0 radical (unpaired) electrons. The van der Waals surface area contributed by atoms with E-state index in [2.05, 4.69) is 22.3 Å². The maximum Gasteiger partial charge on any atom is 0.224 e. The van der Waals surface area contributed by atoms with Crippen LogP contribution >= 0.6 is 0 Å². The molecule has 1 unspecified atom stereocenters. The zero-order chi connectivity index (χ0) is 19.8. The zero-order valence-corrected chi connectivity index (χ0v) is 16.8. The highest BCUT2D eigenvalue weighted by atomic mass is 16.5. The van der Waals surface area contributed by atoms with E-state index in [9.17, 15) is 4.79 Å². The molecule has 1 N–H and O–H groups in total. The van der Waals surface area contributed by atoms with E-state index < -0.39 is 0 Å². The van der Waals surface area contributed by atoms with Gasteiger partial charge in [0, 0.05) is 6.54 Å². The Morgan fingerprint density at radius 2 is 1.50 bits per heavy atom. The van der Waals surface area contributed by atoms with E-state index >= 15 is 0 Å². The molecule has 1 atom stereocenters. The number of carbonyl (C=O) groups excluding carboxylic acids is 1. The van der Waals surface area contributed by atoms with Gasteiger partial charge < -0.3 is 14.8 Å². The summed E-state index contributed by atoms with van der Waals surface area (Å²) in [5.74, 6) is 1.69. The van der Waals surface area contributed by atoms with Crippen molar-refractivity contribution >= 4 is 5.91 Å². The van der Waals surface area contributed by atoms with Gasteiger partial charge in [0.05, 0.1) is 26.7 Å². The number of ether oxygens (including phenoxy) is 2. The largest absolute Gasteiger partial charge is 0.497 e. The molecule has 0 spiro atoms. The highest BCUT2D eigenvalue weighted by Crippen LogP contribution is 2.26. The van der Waals surface area contributed by atoms with Crippen molar-refractivity contribution in [1.82, 2.24) is 10.2 Å². The van der Waals surface area contributed by atoms with Gasteiger partial charge in [-0.05, 0) is 61.3 Å². The van der Waals surface area contributed by atoms with Crippen molar-refractivity contribution in [1.29, 1.82) is 0 Å². The first-order valence-electron chi connectivity index (χ1n) is 9.97. The van der Waals surface area contributed by atoms with Gasteiger partial charge in [0.1, 0.15) is 11.5 Å². The van der Waals surface area contributed by atoms with Crippen LogP contribution in [0.3, 0.4) is 0 Å². The van der Waals surface area contributed by atoms with Crippen LogP contribution in [0.4, 0.5) is 0 Å². The fourth-order valence-electron chi connectivity index (χ4n) is 3.72. The van der Waals surface area contributed by atoms with Crippen molar-refractivity contribution in [3.63, 3.8) is 0 Å². The Balaban J connectivity index is 1.63. The number of carbonyl (C=O) groups is 1. The minimum Gasteiger partial charge on any atom is -0.497 e. The first-order valence-corrected chi connectivity index (χ1v) is 9.97. The molecule has 1 fully saturated rings. The van der Waals surface area contributed by atoms with Crippen LogP contribution in [0.1, 0.15) is 36.4 Å². The van der Waals surface area contributed by atoms with E-state index in [1.807, 2.05) is 36.4 Å². The van der Waals surface area contributed by atoms with Crippen molar-refractivity contribution < 1.29 is 14.3 Å². The average Bonchev–Trinajstić information content (AvgIpc) is 2.75. The van der Waals surface area contributed by atoms with Gasteiger partial charge in [-0.3, -0.25) is 9.69 Å². The van der Waals surface area contributed by atoms with Gasteiger partial charge in [-0.2, -0.15) is 0 Å². The fourth-order valence-corrected chi connectivity index (χ4v) is 3.72. The molecule has 0 aromatic heterocycles. The summed E-state index contributed by atoms with van der Waals surface area (Å²) in [6.45, 7) is 2.76. The number of hydrogen-bond acceptors (Lipinski definition) is 4. The topological polar surface area (TPSA) is 50.8 Å². The van der Waals surface area contributed by atoms with Gasteiger partial charge in [-0.1, -0.05) is 30.7 Å². The standard InChI is InChI=1S/C23H30N2O3/c1-27-20-10-6-18(7-11-20)16-23(26)24-17-22(25-14-4-3-5-15-25)19-8-12-21(28-2)13-9-19/h6-13,22H,3-5,14-17H2,1-2H3,(H,24,26). The maximum absolute atomic E-state index is 12.5. The summed E-state index contributed by atoms with van der Waals surface area (Å²) in [5, 5.41) is 3.14. The second-order valence-electron chi connectivity index (χ2n) is 7.21. The molecule has 5 heteroatoms. The summed E-state index contributed by atoms with van der Waals surface area (Å²) in [6, 6.07) is 16.0. The smallest absolute Gasteiger partial charge is 0.224 e. The van der Waals surface area contributed by atoms with Gasteiger partial charge in [-0.15, -0.1) is 0 Å². The molecule has 1 heterocycles. The number of rotatable bonds is 8. The van der Waals surface area contributed by atoms with E-state index in [4.69, 9.17) is 9.47 Å². The normalized spacial score (nSPS) is 15.6. The molecule has 1 aliphatic heterocycles. The molecule has 5 nitrogen and oxygen atoms in total. The number of methoxy groups -OCH3 is 2. The number of benzene rings is 2. The second kappa shape index (κ2) is 10.1. The number of piperidine rings is 1. The minimum atomic E-state index is 0.0423.